The van der Waals surface area contributed by atoms with Crippen LogP contribution >= 0.6 is 0 Å². The highest BCUT2D eigenvalue weighted by Crippen LogP contribution is 2.56. The van der Waals surface area contributed by atoms with Crippen LogP contribution in [0.2, 0.25) is 0 Å². The molecule has 0 radical (unpaired) electrons. The molecular formula is C22H28N2O4. The van der Waals surface area contributed by atoms with E-state index in [-0.39, 0.29) is 30.3 Å². The number of esters is 1. The minimum atomic E-state index is -0.384. The molecule has 4 saturated carbocycles. The fourth-order valence-electron chi connectivity index (χ4n) is 5.74. The largest absolute Gasteiger partial charge is 0.455 e. The van der Waals surface area contributed by atoms with Crippen molar-refractivity contribution >= 4 is 23.5 Å². The van der Waals surface area contributed by atoms with Crippen LogP contribution in [0.3, 0.4) is 0 Å². The van der Waals surface area contributed by atoms with Gasteiger partial charge in [0, 0.05) is 17.8 Å². The molecule has 0 unspecified atom stereocenters. The number of rotatable bonds is 6. The van der Waals surface area contributed by atoms with Gasteiger partial charge < -0.3 is 15.4 Å². The maximum absolute atomic E-state index is 12.7. The van der Waals surface area contributed by atoms with Crippen LogP contribution in [0.25, 0.3) is 0 Å². The zero-order valence-corrected chi connectivity index (χ0v) is 16.3. The number of hydrogen-bond acceptors (Lipinski definition) is 4. The Morgan fingerprint density at radius 2 is 1.71 bits per heavy atom. The molecule has 0 heterocycles. The number of benzene rings is 1. The third kappa shape index (κ3) is 3.91. The van der Waals surface area contributed by atoms with E-state index < -0.39 is 0 Å². The van der Waals surface area contributed by atoms with Crippen LogP contribution in [-0.4, -0.2) is 30.9 Å². The van der Waals surface area contributed by atoms with E-state index in [1.54, 1.807) is 24.3 Å². The molecule has 4 aliphatic rings. The molecule has 1 aromatic rings. The highest BCUT2D eigenvalue weighted by molar-refractivity contribution is 5.97. The number of carbonyl (C=O) groups excluding carboxylic acids is 3. The lowest BCUT2D eigenvalue weighted by atomic mass is 9.52. The second kappa shape index (κ2) is 7.94. The summed E-state index contributed by atoms with van der Waals surface area (Å²) >= 11 is 0. The summed E-state index contributed by atoms with van der Waals surface area (Å²) in [5.74, 6) is 1.68. The topological polar surface area (TPSA) is 84.5 Å². The second-order valence-corrected chi connectivity index (χ2v) is 8.55. The standard InChI is InChI=1S/C22H28N2O4/c1-2-23-21(26)15-4-3-5-18(11-15)24-19(25)12-28-22(27)20-16-7-13-6-14(9-16)10-17(20)8-13/h3-5,11,13-14,16-17,20H,2,6-10,12H2,1H3,(H,23,26)(H,24,25). The van der Waals surface area contributed by atoms with Gasteiger partial charge in [-0.3, -0.25) is 14.4 Å². The van der Waals surface area contributed by atoms with Crippen LogP contribution in [0.1, 0.15) is 49.4 Å². The highest BCUT2D eigenvalue weighted by Gasteiger charge is 2.51. The number of anilines is 1. The van der Waals surface area contributed by atoms with E-state index in [1.807, 2.05) is 6.92 Å². The first-order valence-electron chi connectivity index (χ1n) is 10.4. The molecule has 6 nitrogen and oxygen atoms in total. The Morgan fingerprint density at radius 1 is 1.04 bits per heavy atom. The summed E-state index contributed by atoms with van der Waals surface area (Å²) in [6, 6.07) is 6.72. The summed E-state index contributed by atoms with van der Waals surface area (Å²) in [6.45, 7) is 2.10. The molecule has 28 heavy (non-hydrogen) atoms. The fourth-order valence-corrected chi connectivity index (χ4v) is 5.74. The molecule has 5 rings (SSSR count). The number of hydrogen-bond donors (Lipinski definition) is 2. The van der Waals surface area contributed by atoms with Crippen molar-refractivity contribution < 1.29 is 19.1 Å². The van der Waals surface area contributed by atoms with Crippen LogP contribution in [0.5, 0.6) is 0 Å². The fraction of sp³-hybridized carbons (Fsp3) is 0.591. The lowest BCUT2D eigenvalue weighted by Crippen LogP contribution is -2.48. The molecule has 4 bridgehead atoms. The monoisotopic (exact) mass is 384 g/mol. The number of nitrogens with one attached hydrogen (secondary N) is 2. The van der Waals surface area contributed by atoms with Gasteiger partial charge in [-0.1, -0.05) is 6.07 Å². The normalized spacial score (nSPS) is 30.0. The minimum Gasteiger partial charge on any atom is -0.455 e. The van der Waals surface area contributed by atoms with Gasteiger partial charge in [-0.2, -0.15) is 0 Å². The summed E-state index contributed by atoms with van der Waals surface area (Å²) in [5.41, 5.74) is 0.990. The average molecular weight is 384 g/mol. The van der Waals surface area contributed by atoms with E-state index in [0.717, 1.165) is 37.5 Å². The van der Waals surface area contributed by atoms with Crippen molar-refractivity contribution in [1.82, 2.24) is 5.32 Å². The Balaban J connectivity index is 1.29. The summed E-state index contributed by atoms with van der Waals surface area (Å²) < 4.78 is 5.39. The predicted octanol–water partition coefficient (Wildman–Crippen LogP) is 2.99. The first-order valence-corrected chi connectivity index (χ1v) is 10.4. The van der Waals surface area contributed by atoms with Crippen molar-refractivity contribution in [2.24, 2.45) is 29.6 Å². The molecule has 150 valence electrons. The average Bonchev–Trinajstić information content (AvgIpc) is 2.66. The van der Waals surface area contributed by atoms with Crippen molar-refractivity contribution in [2.75, 3.05) is 18.5 Å². The molecule has 1 aromatic carbocycles. The Labute approximate surface area is 165 Å². The van der Waals surface area contributed by atoms with Crippen molar-refractivity contribution in [3.05, 3.63) is 29.8 Å². The quantitative estimate of drug-likeness (QED) is 0.739. The Bertz CT molecular complexity index is 748. The number of ether oxygens (including phenoxy) is 1. The first kappa shape index (κ1) is 19.0. The van der Waals surface area contributed by atoms with Gasteiger partial charge in [0.15, 0.2) is 6.61 Å². The van der Waals surface area contributed by atoms with Crippen LogP contribution in [0.4, 0.5) is 5.69 Å². The lowest BCUT2D eigenvalue weighted by Gasteiger charge is -2.53. The summed E-state index contributed by atoms with van der Waals surface area (Å²) in [4.78, 5) is 36.8. The highest BCUT2D eigenvalue weighted by atomic mass is 16.5. The van der Waals surface area contributed by atoms with E-state index >= 15 is 0 Å². The molecule has 2 N–H and O–H groups in total. The third-order valence-electron chi connectivity index (χ3n) is 6.59. The van der Waals surface area contributed by atoms with Gasteiger partial charge in [-0.15, -0.1) is 0 Å². The number of amides is 2. The molecule has 0 aliphatic heterocycles. The van der Waals surface area contributed by atoms with Crippen LogP contribution < -0.4 is 10.6 Å². The minimum absolute atomic E-state index is 0.0262. The van der Waals surface area contributed by atoms with Crippen molar-refractivity contribution in [3.63, 3.8) is 0 Å². The van der Waals surface area contributed by atoms with Gasteiger partial charge in [0.1, 0.15) is 0 Å². The van der Waals surface area contributed by atoms with Crippen LogP contribution in [0, 0.1) is 29.6 Å². The van der Waals surface area contributed by atoms with Crippen LogP contribution in [-0.2, 0) is 14.3 Å². The van der Waals surface area contributed by atoms with Gasteiger partial charge in [0.25, 0.3) is 11.8 Å². The van der Waals surface area contributed by atoms with Gasteiger partial charge in [-0.05, 0) is 80.9 Å². The molecule has 0 atom stereocenters. The Morgan fingerprint density at radius 3 is 2.36 bits per heavy atom. The Hall–Kier alpha value is -2.37. The maximum atomic E-state index is 12.7. The summed E-state index contributed by atoms with van der Waals surface area (Å²) in [7, 11) is 0. The zero-order chi connectivity index (χ0) is 19.7. The van der Waals surface area contributed by atoms with Gasteiger partial charge in [0.2, 0.25) is 0 Å². The summed E-state index contributed by atoms with van der Waals surface area (Å²) in [5, 5.41) is 5.43. The molecule has 4 fully saturated rings. The van der Waals surface area contributed by atoms with E-state index in [9.17, 15) is 14.4 Å². The molecular weight excluding hydrogens is 356 g/mol. The van der Waals surface area contributed by atoms with E-state index in [1.165, 1.54) is 6.42 Å². The third-order valence-corrected chi connectivity index (χ3v) is 6.59. The van der Waals surface area contributed by atoms with Gasteiger partial charge in [0.05, 0.1) is 5.92 Å². The van der Waals surface area contributed by atoms with E-state index in [0.29, 0.717) is 29.6 Å². The number of carbonyl (C=O) groups is 3. The SMILES string of the molecule is CCNC(=O)c1cccc(NC(=O)COC(=O)C2C3CC4CC(C3)CC2C4)c1. The molecule has 0 aromatic heterocycles. The smallest absolute Gasteiger partial charge is 0.310 e. The van der Waals surface area contributed by atoms with Crippen molar-refractivity contribution in [3.8, 4) is 0 Å². The zero-order valence-electron chi connectivity index (χ0n) is 16.3. The van der Waals surface area contributed by atoms with Crippen molar-refractivity contribution in [1.29, 1.82) is 0 Å². The lowest BCUT2D eigenvalue weighted by molar-refractivity contribution is -0.164. The molecule has 2 amide bonds. The van der Waals surface area contributed by atoms with Crippen LogP contribution in [0.15, 0.2) is 24.3 Å². The second-order valence-electron chi connectivity index (χ2n) is 8.55. The van der Waals surface area contributed by atoms with E-state index in [2.05, 4.69) is 10.6 Å². The first-order chi connectivity index (χ1) is 13.5. The molecule has 0 spiro atoms. The molecule has 6 heteroatoms. The summed E-state index contributed by atoms with van der Waals surface area (Å²) in [6.07, 6.45) is 5.92. The Kier molecular flexibility index (Phi) is 5.38. The molecule has 0 saturated heterocycles. The predicted molar refractivity (Wildman–Crippen MR) is 105 cm³/mol. The van der Waals surface area contributed by atoms with Gasteiger partial charge >= 0.3 is 5.97 Å². The maximum Gasteiger partial charge on any atom is 0.310 e. The van der Waals surface area contributed by atoms with E-state index in [4.69, 9.17) is 4.74 Å². The molecule has 4 aliphatic carbocycles. The van der Waals surface area contributed by atoms with Crippen molar-refractivity contribution in [2.45, 2.75) is 39.0 Å². The van der Waals surface area contributed by atoms with Gasteiger partial charge in [-0.25, -0.2) is 0 Å².